The second kappa shape index (κ2) is 4.26. The normalized spacial score (nSPS) is 10.5. The lowest BCUT2D eigenvalue weighted by atomic mass is 10.2. The summed E-state index contributed by atoms with van der Waals surface area (Å²) >= 11 is 0. The monoisotopic (exact) mass is 204 g/mol. The first kappa shape index (κ1) is 9.90. The highest BCUT2D eigenvalue weighted by atomic mass is 16.5. The fourth-order valence-corrected chi connectivity index (χ4v) is 1.64. The van der Waals surface area contributed by atoms with Crippen molar-refractivity contribution in [2.24, 2.45) is 7.05 Å². The van der Waals surface area contributed by atoms with Gasteiger partial charge in [-0.15, -0.1) is 0 Å². The Morgan fingerprint density at radius 1 is 1.33 bits per heavy atom. The predicted molar refractivity (Wildman–Crippen MR) is 61.2 cm³/mol. The number of aromatic nitrogens is 2. The van der Waals surface area contributed by atoms with Crippen molar-refractivity contribution in [1.29, 1.82) is 0 Å². The standard InChI is InChI=1S/C12H16N2O/c1-3-6-11-9-10-7-4-5-8-12(10)15-13-14(11)2/h4-5,7-9,13H,3,6H2,1-2H3. The highest BCUT2D eigenvalue weighted by molar-refractivity contribution is 5.75. The zero-order valence-corrected chi connectivity index (χ0v) is 9.16. The summed E-state index contributed by atoms with van der Waals surface area (Å²) in [7, 11) is 1.97. The molecule has 1 N–H and O–H groups in total. The fraction of sp³-hybridized carbons (Fsp3) is 0.333. The summed E-state index contributed by atoms with van der Waals surface area (Å²) in [5.41, 5.74) is 2.11. The lowest BCUT2D eigenvalue weighted by Gasteiger charge is -2.01. The van der Waals surface area contributed by atoms with Gasteiger partial charge in [-0.2, -0.15) is 5.27 Å². The van der Waals surface area contributed by atoms with Crippen LogP contribution in [0.2, 0.25) is 0 Å². The van der Waals surface area contributed by atoms with Crippen LogP contribution in [0.3, 0.4) is 0 Å². The molecule has 0 fully saturated rings. The molecule has 2 rings (SSSR count). The van der Waals surface area contributed by atoms with Crippen LogP contribution in [-0.4, -0.2) is 9.95 Å². The van der Waals surface area contributed by atoms with Crippen LogP contribution in [0.4, 0.5) is 0 Å². The van der Waals surface area contributed by atoms with Gasteiger partial charge < -0.3 is 4.52 Å². The van der Waals surface area contributed by atoms with Gasteiger partial charge in [0.25, 0.3) is 0 Å². The Labute approximate surface area is 89.0 Å². The van der Waals surface area contributed by atoms with Crippen LogP contribution in [-0.2, 0) is 13.5 Å². The van der Waals surface area contributed by atoms with Gasteiger partial charge >= 0.3 is 0 Å². The van der Waals surface area contributed by atoms with E-state index in [-0.39, 0.29) is 0 Å². The Morgan fingerprint density at radius 3 is 2.93 bits per heavy atom. The van der Waals surface area contributed by atoms with E-state index in [0.717, 1.165) is 23.8 Å². The molecule has 0 spiro atoms. The molecule has 0 radical (unpaired) electrons. The molecule has 1 aromatic carbocycles. The molecular formula is C12H16N2O. The Kier molecular flexibility index (Phi) is 2.81. The Hall–Kier alpha value is -1.64. The quantitative estimate of drug-likeness (QED) is 0.800. The van der Waals surface area contributed by atoms with E-state index in [1.165, 1.54) is 5.69 Å². The molecule has 0 aliphatic carbocycles. The SMILES string of the molecule is CCCc1cc2ccccc2o[nH]n1C. The van der Waals surface area contributed by atoms with Gasteiger partial charge in [-0.05, 0) is 18.6 Å². The van der Waals surface area contributed by atoms with Crippen molar-refractivity contribution in [2.75, 3.05) is 0 Å². The van der Waals surface area contributed by atoms with Crippen molar-refractivity contribution >= 4 is 11.0 Å². The van der Waals surface area contributed by atoms with Gasteiger partial charge in [-0.25, -0.2) is 0 Å². The summed E-state index contributed by atoms with van der Waals surface area (Å²) in [5, 5.41) is 4.02. The maximum Gasteiger partial charge on any atom is 0.164 e. The zero-order valence-electron chi connectivity index (χ0n) is 9.16. The van der Waals surface area contributed by atoms with Crippen molar-refractivity contribution in [2.45, 2.75) is 19.8 Å². The summed E-state index contributed by atoms with van der Waals surface area (Å²) < 4.78 is 7.38. The summed E-state index contributed by atoms with van der Waals surface area (Å²) in [6.07, 6.45) is 2.17. The third-order valence-corrected chi connectivity index (χ3v) is 2.47. The smallest absolute Gasteiger partial charge is 0.164 e. The lowest BCUT2D eigenvalue weighted by Crippen LogP contribution is -2.00. The number of aromatic amines is 1. The maximum atomic E-state index is 5.46. The van der Waals surface area contributed by atoms with Crippen LogP contribution >= 0.6 is 0 Å². The number of nitrogens with one attached hydrogen (secondary N) is 1. The van der Waals surface area contributed by atoms with Crippen molar-refractivity contribution < 1.29 is 4.52 Å². The molecule has 80 valence electrons. The molecule has 15 heavy (non-hydrogen) atoms. The summed E-state index contributed by atoms with van der Waals surface area (Å²) in [4.78, 5) is 0. The molecule has 0 atom stereocenters. The van der Waals surface area contributed by atoms with E-state index in [9.17, 15) is 0 Å². The van der Waals surface area contributed by atoms with Crippen molar-refractivity contribution in [3.63, 3.8) is 0 Å². The number of nitrogens with zero attached hydrogens (tertiary/aromatic N) is 1. The number of fused-ring (bicyclic) bond motifs is 1. The average molecular weight is 204 g/mol. The van der Waals surface area contributed by atoms with E-state index in [4.69, 9.17) is 4.52 Å². The minimum atomic E-state index is 0.871. The van der Waals surface area contributed by atoms with Crippen LogP contribution in [0.15, 0.2) is 34.9 Å². The Bertz CT molecular complexity index is 489. The molecule has 0 bridgehead atoms. The second-order valence-electron chi connectivity index (χ2n) is 3.68. The van der Waals surface area contributed by atoms with Crippen LogP contribution in [0.5, 0.6) is 0 Å². The molecule has 1 aromatic heterocycles. The van der Waals surface area contributed by atoms with Gasteiger partial charge in [-0.3, -0.25) is 4.68 Å². The largest absolute Gasteiger partial charge is 0.366 e. The van der Waals surface area contributed by atoms with Crippen molar-refractivity contribution in [1.82, 2.24) is 9.95 Å². The number of para-hydroxylation sites is 1. The Morgan fingerprint density at radius 2 is 2.13 bits per heavy atom. The molecule has 0 saturated carbocycles. The summed E-state index contributed by atoms with van der Waals surface area (Å²) in [6, 6.07) is 10.2. The third-order valence-electron chi connectivity index (χ3n) is 2.47. The minimum Gasteiger partial charge on any atom is -0.366 e. The van der Waals surface area contributed by atoms with Crippen LogP contribution in [0, 0.1) is 0 Å². The second-order valence-corrected chi connectivity index (χ2v) is 3.68. The highest BCUT2D eigenvalue weighted by Gasteiger charge is 1.97. The third kappa shape index (κ3) is 2.06. The average Bonchev–Trinajstić information content (AvgIpc) is 2.41. The Balaban J connectivity index is 2.68. The molecular weight excluding hydrogens is 188 g/mol. The van der Waals surface area contributed by atoms with Gasteiger partial charge in [0.05, 0.1) is 0 Å². The summed E-state index contributed by atoms with van der Waals surface area (Å²) in [5.74, 6) is 0. The lowest BCUT2D eigenvalue weighted by molar-refractivity contribution is 0.354. The summed E-state index contributed by atoms with van der Waals surface area (Å²) in [6.45, 7) is 2.17. The topological polar surface area (TPSA) is 33.9 Å². The van der Waals surface area contributed by atoms with Gasteiger partial charge in [0.1, 0.15) is 0 Å². The number of rotatable bonds is 2. The van der Waals surface area contributed by atoms with E-state index in [1.807, 2.05) is 29.9 Å². The van der Waals surface area contributed by atoms with Crippen LogP contribution < -0.4 is 0 Å². The molecule has 0 saturated heterocycles. The van der Waals surface area contributed by atoms with Gasteiger partial charge in [-0.1, -0.05) is 31.5 Å². The first-order chi connectivity index (χ1) is 7.31. The molecule has 1 heterocycles. The molecule has 0 unspecified atom stereocenters. The number of benzene rings is 1. The van der Waals surface area contributed by atoms with Crippen LogP contribution in [0.25, 0.3) is 11.0 Å². The van der Waals surface area contributed by atoms with Crippen molar-refractivity contribution in [3.8, 4) is 0 Å². The first-order valence-electron chi connectivity index (χ1n) is 5.27. The minimum absolute atomic E-state index is 0.871. The fourth-order valence-electron chi connectivity index (χ4n) is 1.64. The van der Waals surface area contributed by atoms with E-state index in [0.29, 0.717) is 0 Å². The zero-order chi connectivity index (χ0) is 10.7. The van der Waals surface area contributed by atoms with Gasteiger partial charge in [0, 0.05) is 18.1 Å². The molecule has 3 heteroatoms. The molecule has 0 aliphatic heterocycles. The number of hydrogen-bond donors (Lipinski definition) is 1. The number of aryl methyl sites for hydroxylation is 2. The first-order valence-corrected chi connectivity index (χ1v) is 5.27. The molecule has 0 aliphatic rings. The van der Waals surface area contributed by atoms with E-state index in [2.05, 4.69) is 24.3 Å². The molecule has 3 nitrogen and oxygen atoms in total. The van der Waals surface area contributed by atoms with E-state index in [1.54, 1.807) is 0 Å². The van der Waals surface area contributed by atoms with Crippen molar-refractivity contribution in [3.05, 3.63) is 36.0 Å². The number of H-pyrrole nitrogens is 1. The molecule has 2 aromatic rings. The van der Waals surface area contributed by atoms with Gasteiger partial charge in [0.2, 0.25) is 0 Å². The van der Waals surface area contributed by atoms with E-state index < -0.39 is 0 Å². The predicted octanol–water partition coefficient (Wildman–Crippen LogP) is 3.18. The highest BCUT2D eigenvalue weighted by Crippen LogP contribution is 2.13. The number of hydrogen-bond acceptors (Lipinski definition) is 1. The van der Waals surface area contributed by atoms with E-state index >= 15 is 0 Å². The van der Waals surface area contributed by atoms with Gasteiger partial charge in [0.15, 0.2) is 5.58 Å². The van der Waals surface area contributed by atoms with Crippen LogP contribution in [0.1, 0.15) is 19.0 Å². The maximum absolute atomic E-state index is 5.46. The molecule has 0 amide bonds.